The average Bonchev–Trinajstić information content (AvgIpc) is 2.60. The Kier molecular flexibility index (Phi) is 6.40. The second kappa shape index (κ2) is 8.12. The Morgan fingerprint density at radius 1 is 1.25 bits per heavy atom. The summed E-state index contributed by atoms with van der Waals surface area (Å²) in [5.41, 5.74) is 0.554. The summed E-state index contributed by atoms with van der Waals surface area (Å²) in [6, 6.07) is 6.45. The third-order valence-electron chi connectivity index (χ3n) is 4.74. The topological polar surface area (TPSA) is 66.5 Å². The average molecular weight is 353 g/mol. The molecule has 0 saturated carbocycles. The maximum atomic E-state index is 12.7. The van der Waals surface area contributed by atoms with Gasteiger partial charge in [0.1, 0.15) is 0 Å². The molecule has 0 aromatic heterocycles. The largest absolute Gasteiger partial charge is 0.336 e. The van der Waals surface area contributed by atoms with E-state index in [1.165, 1.54) is 18.6 Å². The Bertz CT molecular complexity index is 655. The summed E-state index contributed by atoms with van der Waals surface area (Å²) in [6.45, 7) is 6.65. The Balaban J connectivity index is 2.15. The van der Waals surface area contributed by atoms with E-state index in [0.29, 0.717) is 11.6 Å². The maximum Gasteiger partial charge on any atom is 0.254 e. The van der Waals surface area contributed by atoms with Crippen molar-refractivity contribution in [1.29, 1.82) is 0 Å². The highest BCUT2D eigenvalue weighted by atomic mass is 32.2. The van der Waals surface area contributed by atoms with Crippen LogP contribution in [0, 0.1) is 0 Å². The number of nitrogens with one attached hydrogen (secondary N) is 1. The number of hydrogen-bond donors (Lipinski definition) is 1. The van der Waals surface area contributed by atoms with Crippen LogP contribution in [0.5, 0.6) is 0 Å². The highest BCUT2D eigenvalue weighted by Gasteiger charge is 2.26. The van der Waals surface area contributed by atoms with E-state index in [2.05, 4.69) is 11.6 Å². The second-order valence-electron chi connectivity index (χ2n) is 6.51. The van der Waals surface area contributed by atoms with E-state index in [1.807, 2.05) is 18.7 Å². The van der Waals surface area contributed by atoms with Gasteiger partial charge in [-0.05, 0) is 63.3 Å². The van der Waals surface area contributed by atoms with E-state index in [-0.39, 0.29) is 16.8 Å². The van der Waals surface area contributed by atoms with Gasteiger partial charge < -0.3 is 4.90 Å². The first-order valence-electron chi connectivity index (χ1n) is 8.82. The van der Waals surface area contributed by atoms with Crippen LogP contribution in [0.3, 0.4) is 0 Å². The minimum atomic E-state index is -3.53. The summed E-state index contributed by atoms with van der Waals surface area (Å²) >= 11 is 0. The molecule has 1 aliphatic rings. The molecule has 1 amide bonds. The number of rotatable bonds is 6. The lowest BCUT2D eigenvalue weighted by Gasteiger charge is -2.35. The molecule has 24 heavy (non-hydrogen) atoms. The number of piperidine rings is 1. The fraction of sp³-hybridized carbons (Fsp3) is 0.611. The molecule has 134 valence electrons. The third kappa shape index (κ3) is 4.36. The summed E-state index contributed by atoms with van der Waals surface area (Å²) in [5, 5.41) is 0. The van der Waals surface area contributed by atoms with Crippen molar-refractivity contribution in [3.63, 3.8) is 0 Å². The molecule has 2 unspecified atom stereocenters. The highest BCUT2D eigenvalue weighted by Crippen LogP contribution is 2.22. The number of sulfonamides is 1. The molecule has 6 heteroatoms. The van der Waals surface area contributed by atoms with E-state index in [0.717, 1.165) is 32.2 Å². The van der Waals surface area contributed by atoms with Gasteiger partial charge in [-0.3, -0.25) is 4.79 Å². The molecule has 1 saturated heterocycles. The lowest BCUT2D eigenvalue weighted by Crippen LogP contribution is -2.43. The van der Waals surface area contributed by atoms with Crippen LogP contribution in [0.25, 0.3) is 0 Å². The molecule has 1 fully saturated rings. The molecule has 2 atom stereocenters. The molecule has 0 radical (unpaired) electrons. The van der Waals surface area contributed by atoms with Crippen molar-refractivity contribution < 1.29 is 13.2 Å². The van der Waals surface area contributed by atoms with Gasteiger partial charge in [-0.2, -0.15) is 0 Å². The van der Waals surface area contributed by atoms with Gasteiger partial charge in [0.25, 0.3) is 5.91 Å². The number of nitrogens with zero attached hydrogens (tertiary/aromatic N) is 1. The molecule has 5 nitrogen and oxygen atoms in total. The fourth-order valence-electron chi connectivity index (χ4n) is 3.05. The predicted octanol–water partition coefficient (Wildman–Crippen LogP) is 3.17. The van der Waals surface area contributed by atoms with E-state index < -0.39 is 10.0 Å². The number of likely N-dealkylation sites (tertiary alicyclic amines) is 1. The van der Waals surface area contributed by atoms with E-state index in [9.17, 15) is 13.2 Å². The second-order valence-corrected chi connectivity index (χ2v) is 8.23. The zero-order valence-electron chi connectivity index (χ0n) is 14.8. The monoisotopic (exact) mass is 352 g/mol. The normalized spacial score (nSPS) is 20.0. The summed E-state index contributed by atoms with van der Waals surface area (Å²) in [6.07, 6.45) is 4.93. The molecule has 1 aromatic carbocycles. The van der Waals surface area contributed by atoms with Gasteiger partial charge in [0, 0.05) is 24.2 Å². The Morgan fingerprint density at radius 3 is 2.50 bits per heavy atom. The van der Waals surface area contributed by atoms with E-state index >= 15 is 0 Å². The number of amides is 1. The highest BCUT2D eigenvalue weighted by molar-refractivity contribution is 7.89. The van der Waals surface area contributed by atoms with Crippen LogP contribution in [0.1, 0.15) is 63.2 Å². The van der Waals surface area contributed by atoms with Crippen LogP contribution in [-0.2, 0) is 10.0 Å². The minimum absolute atomic E-state index is 0.000355. The lowest BCUT2D eigenvalue weighted by molar-refractivity contribution is 0.0608. The summed E-state index contributed by atoms with van der Waals surface area (Å²) in [4.78, 5) is 14.8. The number of carbonyl (C=O) groups is 1. The molecular weight excluding hydrogens is 324 g/mol. The van der Waals surface area contributed by atoms with Gasteiger partial charge >= 0.3 is 0 Å². The van der Waals surface area contributed by atoms with Crippen molar-refractivity contribution >= 4 is 15.9 Å². The van der Waals surface area contributed by atoms with Crippen molar-refractivity contribution in [3.8, 4) is 0 Å². The molecule has 0 bridgehead atoms. The molecule has 1 heterocycles. The number of benzene rings is 1. The van der Waals surface area contributed by atoms with Crippen molar-refractivity contribution in [3.05, 3.63) is 29.8 Å². The number of carbonyl (C=O) groups excluding carboxylic acids is 1. The summed E-state index contributed by atoms with van der Waals surface area (Å²) in [5.74, 6) is 0.000355. The summed E-state index contributed by atoms with van der Waals surface area (Å²) < 4.78 is 27.2. The van der Waals surface area contributed by atoms with Gasteiger partial charge in [-0.1, -0.05) is 13.8 Å². The molecule has 2 rings (SSSR count). The Labute approximate surface area is 145 Å². The van der Waals surface area contributed by atoms with Crippen molar-refractivity contribution in [2.75, 3.05) is 6.54 Å². The molecule has 0 aliphatic carbocycles. The maximum absolute atomic E-state index is 12.7. The van der Waals surface area contributed by atoms with Gasteiger partial charge in [0.2, 0.25) is 10.0 Å². The Hall–Kier alpha value is -1.40. The van der Waals surface area contributed by atoms with Crippen LogP contribution >= 0.6 is 0 Å². The molecule has 1 aliphatic heterocycles. The molecular formula is C18H28N2O3S. The smallest absolute Gasteiger partial charge is 0.254 e. The van der Waals surface area contributed by atoms with Gasteiger partial charge in [0.15, 0.2) is 0 Å². The first kappa shape index (κ1) is 18.9. The zero-order chi connectivity index (χ0) is 17.7. The van der Waals surface area contributed by atoms with Crippen LogP contribution in [0.2, 0.25) is 0 Å². The van der Waals surface area contributed by atoms with E-state index in [4.69, 9.17) is 0 Å². The van der Waals surface area contributed by atoms with Crippen LogP contribution < -0.4 is 4.72 Å². The zero-order valence-corrected chi connectivity index (χ0v) is 15.6. The van der Waals surface area contributed by atoms with E-state index in [1.54, 1.807) is 12.1 Å². The fourth-order valence-corrected chi connectivity index (χ4v) is 4.38. The minimum Gasteiger partial charge on any atom is -0.336 e. The molecule has 0 spiro atoms. The van der Waals surface area contributed by atoms with Crippen molar-refractivity contribution in [2.24, 2.45) is 0 Å². The molecule has 1 N–H and O–H groups in total. The number of hydrogen-bond acceptors (Lipinski definition) is 3. The van der Waals surface area contributed by atoms with Gasteiger partial charge in [-0.15, -0.1) is 0 Å². The summed E-state index contributed by atoms with van der Waals surface area (Å²) in [7, 11) is -3.53. The SMILES string of the molecule is CCC(C)NS(=O)(=O)c1ccc(C(=O)N2CCCCC2CC)cc1. The Morgan fingerprint density at radius 2 is 1.92 bits per heavy atom. The van der Waals surface area contributed by atoms with Crippen LogP contribution in [0.4, 0.5) is 0 Å². The van der Waals surface area contributed by atoms with Crippen molar-refractivity contribution in [1.82, 2.24) is 9.62 Å². The first-order valence-corrected chi connectivity index (χ1v) is 10.3. The van der Waals surface area contributed by atoms with Gasteiger partial charge in [0.05, 0.1) is 4.90 Å². The third-order valence-corrected chi connectivity index (χ3v) is 6.34. The quantitative estimate of drug-likeness (QED) is 0.855. The predicted molar refractivity (Wildman–Crippen MR) is 95.5 cm³/mol. The van der Waals surface area contributed by atoms with Crippen LogP contribution in [-0.4, -0.2) is 37.9 Å². The lowest BCUT2D eigenvalue weighted by atomic mass is 9.99. The van der Waals surface area contributed by atoms with Crippen LogP contribution in [0.15, 0.2) is 29.2 Å². The van der Waals surface area contributed by atoms with Gasteiger partial charge in [-0.25, -0.2) is 13.1 Å². The standard InChI is InChI=1S/C18H28N2O3S/c1-4-14(3)19-24(22,23)17-11-9-15(10-12-17)18(21)20-13-7-6-8-16(20)5-2/h9-12,14,16,19H,4-8,13H2,1-3H3. The molecule has 1 aromatic rings. The first-order chi connectivity index (χ1) is 11.4. The van der Waals surface area contributed by atoms with Crippen molar-refractivity contribution in [2.45, 2.75) is 69.9 Å².